The van der Waals surface area contributed by atoms with Gasteiger partial charge in [0.25, 0.3) is 0 Å². The standard InChI is InChI=1S/C18H26BrN3O3S/c19-16-5-7-17(8-6-16)26(24,25)22-13-11-20(12-14-22)15-18(23)21-9-3-1-2-4-10-21/h5-8H,1-4,9-15H2. The Hall–Kier alpha value is -0.960. The number of likely N-dealkylation sites (tertiary alicyclic amines) is 1. The lowest BCUT2D eigenvalue weighted by Crippen LogP contribution is -2.51. The van der Waals surface area contributed by atoms with Crippen molar-refractivity contribution in [2.24, 2.45) is 0 Å². The average Bonchev–Trinajstić information content (AvgIpc) is 2.92. The fourth-order valence-corrected chi connectivity index (χ4v) is 5.18. The fourth-order valence-electron chi connectivity index (χ4n) is 3.50. The summed E-state index contributed by atoms with van der Waals surface area (Å²) in [6.45, 7) is 4.14. The molecule has 6 nitrogen and oxygen atoms in total. The molecule has 2 aliphatic rings. The Balaban J connectivity index is 1.53. The van der Waals surface area contributed by atoms with E-state index >= 15 is 0 Å². The highest BCUT2D eigenvalue weighted by Crippen LogP contribution is 2.20. The predicted octanol–water partition coefficient (Wildman–Crippen LogP) is 2.16. The Morgan fingerprint density at radius 3 is 2.04 bits per heavy atom. The Bertz CT molecular complexity index is 708. The fraction of sp³-hybridized carbons (Fsp3) is 0.611. The summed E-state index contributed by atoms with van der Waals surface area (Å²) in [5, 5.41) is 0. The van der Waals surface area contributed by atoms with Crippen LogP contribution < -0.4 is 0 Å². The highest BCUT2D eigenvalue weighted by molar-refractivity contribution is 9.10. The van der Waals surface area contributed by atoms with Crippen LogP contribution in [0.2, 0.25) is 0 Å². The molecule has 1 amide bonds. The number of sulfonamides is 1. The first-order chi connectivity index (χ1) is 12.5. The first kappa shape index (κ1) is 19.8. The number of benzene rings is 1. The number of carbonyl (C=O) groups excluding carboxylic acids is 1. The normalized spacial score (nSPS) is 20.7. The minimum absolute atomic E-state index is 0.177. The van der Waals surface area contributed by atoms with Gasteiger partial charge in [-0.3, -0.25) is 9.69 Å². The third kappa shape index (κ3) is 4.85. The zero-order valence-electron chi connectivity index (χ0n) is 14.9. The van der Waals surface area contributed by atoms with Crippen molar-refractivity contribution < 1.29 is 13.2 Å². The van der Waals surface area contributed by atoms with Gasteiger partial charge in [0.15, 0.2) is 0 Å². The molecule has 0 aromatic heterocycles. The second-order valence-electron chi connectivity index (χ2n) is 6.93. The topological polar surface area (TPSA) is 60.9 Å². The van der Waals surface area contributed by atoms with Crippen LogP contribution in [0.25, 0.3) is 0 Å². The van der Waals surface area contributed by atoms with Crippen molar-refractivity contribution in [3.63, 3.8) is 0 Å². The summed E-state index contributed by atoms with van der Waals surface area (Å²) in [7, 11) is -3.47. The van der Waals surface area contributed by atoms with E-state index in [1.807, 2.05) is 4.90 Å². The Morgan fingerprint density at radius 2 is 1.46 bits per heavy atom. The van der Waals surface area contributed by atoms with Gasteiger partial charge in [0.1, 0.15) is 0 Å². The first-order valence-electron chi connectivity index (χ1n) is 9.23. The van der Waals surface area contributed by atoms with Crippen molar-refractivity contribution in [2.45, 2.75) is 30.6 Å². The monoisotopic (exact) mass is 443 g/mol. The van der Waals surface area contributed by atoms with Gasteiger partial charge in [-0.25, -0.2) is 8.42 Å². The molecule has 0 saturated carbocycles. The van der Waals surface area contributed by atoms with E-state index in [9.17, 15) is 13.2 Å². The molecule has 26 heavy (non-hydrogen) atoms. The zero-order valence-corrected chi connectivity index (χ0v) is 17.3. The van der Waals surface area contributed by atoms with Gasteiger partial charge >= 0.3 is 0 Å². The number of rotatable bonds is 4. The minimum atomic E-state index is -3.47. The number of carbonyl (C=O) groups is 1. The van der Waals surface area contributed by atoms with Crippen molar-refractivity contribution >= 4 is 31.9 Å². The van der Waals surface area contributed by atoms with E-state index in [-0.39, 0.29) is 5.91 Å². The van der Waals surface area contributed by atoms with Crippen molar-refractivity contribution in [3.05, 3.63) is 28.7 Å². The number of nitrogens with zero attached hydrogens (tertiary/aromatic N) is 3. The molecular weight excluding hydrogens is 418 g/mol. The van der Waals surface area contributed by atoms with Crippen molar-refractivity contribution in [3.8, 4) is 0 Å². The molecule has 0 unspecified atom stereocenters. The molecule has 0 bridgehead atoms. The first-order valence-corrected chi connectivity index (χ1v) is 11.5. The van der Waals surface area contributed by atoms with E-state index in [0.717, 1.165) is 30.4 Å². The lowest BCUT2D eigenvalue weighted by molar-refractivity contribution is -0.132. The summed E-state index contributed by atoms with van der Waals surface area (Å²) in [6.07, 6.45) is 4.59. The molecule has 0 radical (unpaired) electrons. The lowest BCUT2D eigenvalue weighted by atomic mass is 10.2. The van der Waals surface area contributed by atoms with Gasteiger partial charge in [0, 0.05) is 43.7 Å². The van der Waals surface area contributed by atoms with Crippen LogP contribution in [0.15, 0.2) is 33.6 Å². The van der Waals surface area contributed by atoms with Crippen molar-refractivity contribution in [2.75, 3.05) is 45.8 Å². The molecule has 2 aliphatic heterocycles. The van der Waals surface area contributed by atoms with Crippen LogP contribution in [0.4, 0.5) is 0 Å². The number of halogens is 1. The van der Waals surface area contributed by atoms with E-state index in [4.69, 9.17) is 0 Å². The molecule has 1 aromatic carbocycles. The Morgan fingerprint density at radius 1 is 0.885 bits per heavy atom. The van der Waals surface area contributed by atoms with Crippen molar-refractivity contribution in [1.29, 1.82) is 0 Å². The number of amides is 1. The van der Waals surface area contributed by atoms with Crippen LogP contribution in [0, 0.1) is 0 Å². The molecule has 8 heteroatoms. The van der Waals surface area contributed by atoms with Gasteiger partial charge in [-0.15, -0.1) is 0 Å². The minimum Gasteiger partial charge on any atom is -0.342 e. The highest BCUT2D eigenvalue weighted by atomic mass is 79.9. The number of hydrogen-bond donors (Lipinski definition) is 0. The molecule has 3 rings (SSSR count). The number of piperazine rings is 1. The molecule has 2 heterocycles. The van der Waals surface area contributed by atoms with Crippen molar-refractivity contribution in [1.82, 2.24) is 14.1 Å². The molecule has 0 spiro atoms. The third-order valence-corrected chi connectivity index (χ3v) is 7.54. The van der Waals surface area contributed by atoms with Gasteiger partial charge in [0.05, 0.1) is 11.4 Å². The van der Waals surface area contributed by atoms with Crippen LogP contribution in [-0.2, 0) is 14.8 Å². The largest absolute Gasteiger partial charge is 0.342 e. The smallest absolute Gasteiger partial charge is 0.243 e. The van der Waals surface area contributed by atoms with Crippen LogP contribution in [0.3, 0.4) is 0 Å². The van der Waals surface area contributed by atoms with Gasteiger partial charge in [0.2, 0.25) is 15.9 Å². The average molecular weight is 444 g/mol. The summed E-state index contributed by atoms with van der Waals surface area (Å²) < 4.78 is 27.8. The SMILES string of the molecule is O=C(CN1CCN(S(=O)(=O)c2ccc(Br)cc2)CC1)N1CCCCCC1. The lowest BCUT2D eigenvalue weighted by Gasteiger charge is -2.34. The van der Waals surface area contributed by atoms with E-state index in [2.05, 4.69) is 20.8 Å². The maximum absolute atomic E-state index is 12.7. The van der Waals surface area contributed by atoms with E-state index in [1.165, 1.54) is 17.1 Å². The highest BCUT2D eigenvalue weighted by Gasteiger charge is 2.29. The van der Waals surface area contributed by atoms with Crippen LogP contribution in [0.5, 0.6) is 0 Å². The Labute approximate surface area is 164 Å². The summed E-state index contributed by atoms with van der Waals surface area (Å²) in [6, 6.07) is 6.72. The van der Waals surface area contributed by atoms with E-state index < -0.39 is 10.0 Å². The molecule has 0 atom stereocenters. The molecule has 2 saturated heterocycles. The van der Waals surface area contributed by atoms with Gasteiger partial charge < -0.3 is 4.90 Å². The van der Waals surface area contributed by atoms with Crippen LogP contribution in [-0.4, -0.2) is 74.2 Å². The van der Waals surface area contributed by atoms with E-state index in [1.54, 1.807) is 24.3 Å². The van der Waals surface area contributed by atoms with Gasteiger partial charge in [-0.2, -0.15) is 4.31 Å². The second-order valence-corrected chi connectivity index (χ2v) is 9.78. The zero-order chi connectivity index (χ0) is 18.6. The molecular formula is C18H26BrN3O3S. The summed E-state index contributed by atoms with van der Waals surface area (Å²) >= 11 is 3.33. The number of hydrogen-bond acceptors (Lipinski definition) is 4. The maximum atomic E-state index is 12.7. The molecule has 0 aliphatic carbocycles. The molecule has 2 fully saturated rings. The summed E-state index contributed by atoms with van der Waals surface area (Å²) in [4.78, 5) is 16.9. The quantitative estimate of drug-likeness (QED) is 0.714. The summed E-state index contributed by atoms with van der Waals surface area (Å²) in [5.74, 6) is 0.177. The van der Waals surface area contributed by atoms with Crippen LogP contribution >= 0.6 is 15.9 Å². The molecule has 1 aromatic rings. The summed E-state index contributed by atoms with van der Waals surface area (Å²) in [5.41, 5.74) is 0. The van der Waals surface area contributed by atoms with Crippen LogP contribution in [0.1, 0.15) is 25.7 Å². The molecule has 144 valence electrons. The second kappa shape index (κ2) is 8.82. The molecule has 0 N–H and O–H groups in total. The van der Waals surface area contributed by atoms with Gasteiger partial charge in [-0.1, -0.05) is 28.8 Å². The Kier molecular flexibility index (Phi) is 6.71. The van der Waals surface area contributed by atoms with E-state index in [0.29, 0.717) is 37.6 Å². The predicted molar refractivity (Wildman–Crippen MR) is 104 cm³/mol. The van der Waals surface area contributed by atoms with Gasteiger partial charge in [-0.05, 0) is 37.1 Å². The third-order valence-electron chi connectivity index (χ3n) is 5.10. The maximum Gasteiger partial charge on any atom is 0.243 e.